The smallest absolute Gasteiger partial charge is 0.253 e. The first-order chi connectivity index (χ1) is 17.8. The molecule has 1 fully saturated rings. The summed E-state index contributed by atoms with van der Waals surface area (Å²) in [6.07, 6.45) is 5.47. The van der Waals surface area contributed by atoms with Gasteiger partial charge in [0.1, 0.15) is 0 Å². The van der Waals surface area contributed by atoms with Crippen molar-refractivity contribution in [2.45, 2.75) is 46.7 Å². The molecule has 8 nitrogen and oxygen atoms in total. The molecular weight excluding hydrogens is 466 g/mol. The second-order valence-electron chi connectivity index (χ2n) is 10.2. The lowest BCUT2D eigenvalue weighted by molar-refractivity contribution is 0.0187. The zero-order valence-electron chi connectivity index (χ0n) is 22.2. The molecule has 3 N–H and O–H groups in total. The fourth-order valence-corrected chi connectivity index (χ4v) is 5.69. The Morgan fingerprint density at radius 1 is 1.16 bits per heavy atom. The van der Waals surface area contributed by atoms with E-state index in [1.165, 1.54) is 11.1 Å². The van der Waals surface area contributed by atoms with Crippen LogP contribution in [0.3, 0.4) is 0 Å². The summed E-state index contributed by atoms with van der Waals surface area (Å²) >= 11 is 0. The average molecular weight is 504 g/mol. The highest BCUT2D eigenvalue weighted by molar-refractivity contribution is 5.97. The van der Waals surface area contributed by atoms with E-state index < -0.39 is 0 Å². The van der Waals surface area contributed by atoms with Gasteiger partial charge in [0.25, 0.3) is 11.5 Å². The van der Waals surface area contributed by atoms with E-state index >= 15 is 0 Å². The van der Waals surface area contributed by atoms with Gasteiger partial charge in [0, 0.05) is 66.4 Å². The number of aryl methyl sites for hydroxylation is 2. The molecule has 3 aromatic heterocycles. The number of carbonyl (C=O) groups is 1. The molecule has 0 bridgehead atoms. The van der Waals surface area contributed by atoms with Gasteiger partial charge in [0.15, 0.2) is 0 Å². The van der Waals surface area contributed by atoms with E-state index in [0.29, 0.717) is 24.3 Å². The summed E-state index contributed by atoms with van der Waals surface area (Å²) in [5.41, 5.74) is 8.39. The van der Waals surface area contributed by atoms with E-state index in [4.69, 9.17) is 4.74 Å². The second-order valence-corrected chi connectivity index (χ2v) is 10.2. The summed E-state index contributed by atoms with van der Waals surface area (Å²) in [6.45, 7) is 13.2. The second kappa shape index (κ2) is 10.7. The van der Waals surface area contributed by atoms with Gasteiger partial charge in [-0.1, -0.05) is 6.08 Å². The number of fused-ring (bicyclic) bond motifs is 1. The van der Waals surface area contributed by atoms with Crippen molar-refractivity contribution in [3.8, 4) is 0 Å². The standard InChI is InChI=1S/C29H37N5O3/c1-18-13-19(2)32-29(36)26(18)16-31-28(35)25-15-24-14-23(22-5-7-30-8-6-22)17-34(24)27(20(25)3)21(4)33-9-11-37-12-10-33/h5,13-15,17,21,30H,6-12,16H2,1-4H3,(H,31,35)(H,32,36). The number of aromatic nitrogens is 2. The molecule has 1 unspecified atom stereocenters. The summed E-state index contributed by atoms with van der Waals surface area (Å²) < 4.78 is 7.86. The Morgan fingerprint density at radius 3 is 2.65 bits per heavy atom. The van der Waals surface area contributed by atoms with Crippen LogP contribution in [0.15, 0.2) is 35.3 Å². The molecule has 2 aliphatic heterocycles. The Labute approximate surface area is 217 Å². The summed E-state index contributed by atoms with van der Waals surface area (Å²) in [7, 11) is 0. The number of ether oxygens (including phenoxy) is 1. The molecule has 5 rings (SSSR count). The third-order valence-electron chi connectivity index (χ3n) is 7.78. The van der Waals surface area contributed by atoms with Crippen molar-refractivity contribution in [3.05, 3.63) is 80.0 Å². The number of carbonyl (C=O) groups excluding carboxylic acids is 1. The first-order valence-corrected chi connectivity index (χ1v) is 13.2. The summed E-state index contributed by atoms with van der Waals surface area (Å²) in [5, 5.41) is 6.40. The lowest BCUT2D eigenvalue weighted by atomic mass is 10.0. The maximum absolute atomic E-state index is 13.5. The quantitative estimate of drug-likeness (QED) is 0.481. The van der Waals surface area contributed by atoms with Crippen molar-refractivity contribution >= 4 is 17.0 Å². The fraction of sp³-hybridized carbons (Fsp3) is 0.448. The lowest BCUT2D eigenvalue weighted by Gasteiger charge is -2.34. The lowest BCUT2D eigenvalue weighted by Crippen LogP contribution is -2.39. The van der Waals surface area contributed by atoms with Crippen LogP contribution in [0, 0.1) is 20.8 Å². The van der Waals surface area contributed by atoms with Gasteiger partial charge < -0.3 is 24.8 Å². The molecule has 5 heterocycles. The molecule has 0 saturated carbocycles. The molecule has 1 amide bonds. The SMILES string of the molecule is Cc1cc(C)c(CNC(=O)c2cc3cc(C4=CCNCC4)cn3c(C(C)N3CCOCC3)c2C)c(=O)[nH]1. The topological polar surface area (TPSA) is 90.9 Å². The number of morpholine rings is 1. The minimum Gasteiger partial charge on any atom is -0.379 e. The van der Waals surface area contributed by atoms with Crippen molar-refractivity contribution in [2.24, 2.45) is 0 Å². The predicted molar refractivity (Wildman–Crippen MR) is 146 cm³/mol. The van der Waals surface area contributed by atoms with Crippen LogP contribution in [0.5, 0.6) is 0 Å². The van der Waals surface area contributed by atoms with E-state index in [9.17, 15) is 9.59 Å². The van der Waals surface area contributed by atoms with Gasteiger partial charge in [0.2, 0.25) is 0 Å². The van der Waals surface area contributed by atoms with Crippen LogP contribution < -0.4 is 16.2 Å². The van der Waals surface area contributed by atoms with Gasteiger partial charge in [-0.05, 0) is 81.1 Å². The number of hydrogen-bond donors (Lipinski definition) is 3. The van der Waals surface area contributed by atoms with Crippen LogP contribution in [-0.2, 0) is 11.3 Å². The van der Waals surface area contributed by atoms with Crippen molar-refractivity contribution in [1.82, 2.24) is 24.9 Å². The van der Waals surface area contributed by atoms with Gasteiger partial charge in [0.05, 0.1) is 13.2 Å². The third kappa shape index (κ3) is 5.14. The molecular formula is C29H37N5O3. The Balaban J connectivity index is 1.54. The molecule has 1 saturated heterocycles. The number of rotatable bonds is 6. The van der Waals surface area contributed by atoms with E-state index in [1.54, 1.807) is 0 Å². The van der Waals surface area contributed by atoms with Gasteiger partial charge in [-0.3, -0.25) is 14.5 Å². The van der Waals surface area contributed by atoms with Crippen LogP contribution >= 0.6 is 0 Å². The van der Waals surface area contributed by atoms with Gasteiger partial charge >= 0.3 is 0 Å². The molecule has 3 aromatic rings. The Morgan fingerprint density at radius 2 is 1.95 bits per heavy atom. The Bertz CT molecular complexity index is 1410. The van der Waals surface area contributed by atoms with E-state index in [2.05, 4.69) is 50.2 Å². The minimum absolute atomic E-state index is 0.114. The van der Waals surface area contributed by atoms with E-state index in [-0.39, 0.29) is 24.1 Å². The van der Waals surface area contributed by atoms with E-state index in [1.807, 2.05) is 32.9 Å². The highest BCUT2D eigenvalue weighted by Gasteiger charge is 2.26. The minimum atomic E-state index is -0.168. The van der Waals surface area contributed by atoms with Crippen LogP contribution in [0.4, 0.5) is 0 Å². The van der Waals surface area contributed by atoms with Crippen LogP contribution in [0.1, 0.15) is 63.4 Å². The maximum Gasteiger partial charge on any atom is 0.253 e. The van der Waals surface area contributed by atoms with Gasteiger partial charge in [-0.2, -0.15) is 0 Å². The number of amides is 1. The zero-order chi connectivity index (χ0) is 26.1. The largest absolute Gasteiger partial charge is 0.379 e. The van der Waals surface area contributed by atoms with Crippen LogP contribution in [0.25, 0.3) is 11.1 Å². The molecule has 37 heavy (non-hydrogen) atoms. The molecule has 1 atom stereocenters. The molecule has 0 radical (unpaired) electrons. The molecule has 8 heteroatoms. The number of pyridine rings is 2. The van der Waals surface area contributed by atoms with Crippen LogP contribution in [-0.4, -0.2) is 59.6 Å². The number of aromatic amines is 1. The highest BCUT2D eigenvalue weighted by Crippen LogP contribution is 2.32. The number of H-pyrrole nitrogens is 1. The van der Waals surface area contributed by atoms with Gasteiger partial charge in [-0.25, -0.2) is 0 Å². The highest BCUT2D eigenvalue weighted by atomic mass is 16.5. The summed E-state index contributed by atoms with van der Waals surface area (Å²) in [6, 6.07) is 6.22. The van der Waals surface area contributed by atoms with Crippen LogP contribution in [0.2, 0.25) is 0 Å². The summed E-state index contributed by atoms with van der Waals surface area (Å²) in [5.74, 6) is -0.168. The predicted octanol–water partition coefficient (Wildman–Crippen LogP) is 3.25. The molecule has 0 spiro atoms. The fourth-order valence-electron chi connectivity index (χ4n) is 5.69. The third-order valence-corrected chi connectivity index (χ3v) is 7.78. The normalized spacial score (nSPS) is 17.6. The average Bonchev–Trinajstić information content (AvgIpc) is 3.32. The Hall–Kier alpha value is -3.20. The van der Waals surface area contributed by atoms with Gasteiger partial charge in [-0.15, -0.1) is 0 Å². The molecule has 0 aliphatic carbocycles. The van der Waals surface area contributed by atoms with Crippen molar-refractivity contribution in [2.75, 3.05) is 39.4 Å². The number of nitrogens with zero attached hydrogens (tertiary/aromatic N) is 2. The van der Waals surface area contributed by atoms with Crippen molar-refractivity contribution < 1.29 is 9.53 Å². The first-order valence-electron chi connectivity index (χ1n) is 13.2. The molecule has 196 valence electrons. The zero-order valence-corrected chi connectivity index (χ0v) is 22.2. The maximum atomic E-state index is 13.5. The van der Waals surface area contributed by atoms with E-state index in [0.717, 1.165) is 60.6 Å². The summed E-state index contributed by atoms with van der Waals surface area (Å²) in [4.78, 5) is 31.3. The molecule has 0 aromatic carbocycles. The van der Waals surface area contributed by atoms with Crippen molar-refractivity contribution in [1.29, 1.82) is 0 Å². The van der Waals surface area contributed by atoms with Crippen molar-refractivity contribution in [3.63, 3.8) is 0 Å². The number of nitrogens with one attached hydrogen (secondary N) is 3. The number of hydrogen-bond acceptors (Lipinski definition) is 5. The first kappa shape index (κ1) is 25.4. The monoisotopic (exact) mass is 503 g/mol. The Kier molecular flexibility index (Phi) is 7.33. The molecule has 2 aliphatic rings.